The molecule has 0 saturated carbocycles. The van der Waals surface area contributed by atoms with Gasteiger partial charge in [-0.25, -0.2) is 0 Å². The van der Waals surface area contributed by atoms with Crippen molar-refractivity contribution in [3.05, 3.63) is 138 Å². The van der Waals surface area contributed by atoms with Gasteiger partial charge in [0.05, 0.1) is 33.5 Å². The van der Waals surface area contributed by atoms with Crippen LogP contribution in [-0.4, -0.2) is 43.2 Å². The second-order valence-corrected chi connectivity index (χ2v) is 9.88. The number of aliphatic hydroxyl groups is 1. The van der Waals surface area contributed by atoms with Gasteiger partial charge in [0.15, 0.2) is 0 Å². The Balaban J connectivity index is 1.40. The van der Waals surface area contributed by atoms with Gasteiger partial charge in [-0.2, -0.15) is 0 Å². The van der Waals surface area contributed by atoms with E-state index >= 15 is 0 Å². The molecule has 0 spiro atoms. The summed E-state index contributed by atoms with van der Waals surface area (Å²) < 4.78 is 30.9. The van der Waals surface area contributed by atoms with Crippen molar-refractivity contribution in [2.24, 2.45) is 0 Å². The average Bonchev–Trinajstić information content (AvgIpc) is 3.02. The van der Waals surface area contributed by atoms with Gasteiger partial charge < -0.3 is 28.8 Å². The molecule has 6 nitrogen and oxygen atoms in total. The molecule has 1 heterocycles. The van der Waals surface area contributed by atoms with Crippen LogP contribution in [0, 0.1) is 0 Å². The van der Waals surface area contributed by atoms with E-state index in [1.807, 2.05) is 115 Å². The maximum atomic E-state index is 11.7. The van der Waals surface area contributed by atoms with E-state index in [-0.39, 0.29) is 6.61 Å². The van der Waals surface area contributed by atoms with E-state index in [1.54, 1.807) is 7.11 Å². The molecule has 1 fully saturated rings. The van der Waals surface area contributed by atoms with Crippen LogP contribution in [-0.2, 0) is 38.8 Å². The van der Waals surface area contributed by atoms with E-state index in [4.69, 9.17) is 23.7 Å². The first-order valence-electron chi connectivity index (χ1n) is 13.6. The average molecular weight is 541 g/mol. The Labute approximate surface area is 236 Å². The third-order valence-electron chi connectivity index (χ3n) is 7.07. The Kier molecular flexibility index (Phi) is 9.96. The highest BCUT2D eigenvalue weighted by atomic mass is 16.6. The standard InChI is InChI=1S/C34H36O6/c1-36-29-19-17-28(18-20-29)32-31(35)34(39-23-27-15-9-4-10-16-27)33(38-22-26-13-7-3-8-14-26)30(40-32)24-37-21-25-11-5-2-6-12-25/h2-20,30-35H,21-24H2,1H3/t30-,31+,32-,33-,34-/m1/s1. The summed E-state index contributed by atoms with van der Waals surface area (Å²) in [5.74, 6) is 0.734. The van der Waals surface area contributed by atoms with Crippen molar-refractivity contribution in [2.75, 3.05) is 13.7 Å². The minimum atomic E-state index is -0.969. The molecule has 208 valence electrons. The number of rotatable bonds is 12. The van der Waals surface area contributed by atoms with E-state index in [2.05, 4.69) is 0 Å². The minimum absolute atomic E-state index is 0.277. The quantitative estimate of drug-likeness (QED) is 0.242. The lowest BCUT2D eigenvalue weighted by Gasteiger charge is -2.44. The molecule has 1 aliphatic rings. The Morgan fingerprint density at radius 2 is 1.12 bits per heavy atom. The van der Waals surface area contributed by atoms with E-state index < -0.39 is 30.5 Å². The Morgan fingerprint density at radius 1 is 0.625 bits per heavy atom. The number of ether oxygens (including phenoxy) is 5. The fraction of sp³-hybridized carbons (Fsp3) is 0.294. The summed E-state index contributed by atoms with van der Waals surface area (Å²) in [6, 6.07) is 37.5. The first kappa shape index (κ1) is 28.0. The van der Waals surface area contributed by atoms with Gasteiger partial charge in [0.25, 0.3) is 0 Å². The number of benzene rings is 4. The number of hydrogen-bond donors (Lipinski definition) is 1. The molecule has 1 N–H and O–H groups in total. The van der Waals surface area contributed by atoms with Crippen LogP contribution < -0.4 is 4.74 Å². The third kappa shape index (κ3) is 7.36. The Bertz CT molecular complexity index is 1270. The number of hydrogen-bond acceptors (Lipinski definition) is 6. The monoisotopic (exact) mass is 540 g/mol. The van der Waals surface area contributed by atoms with Gasteiger partial charge in [-0.15, -0.1) is 0 Å². The maximum absolute atomic E-state index is 11.7. The van der Waals surface area contributed by atoms with Gasteiger partial charge in [0.1, 0.15) is 36.3 Å². The summed E-state index contributed by atoms with van der Waals surface area (Å²) in [5, 5.41) is 11.7. The molecular weight excluding hydrogens is 504 g/mol. The molecule has 0 amide bonds. The fourth-order valence-electron chi connectivity index (χ4n) is 4.92. The van der Waals surface area contributed by atoms with Gasteiger partial charge in [-0.3, -0.25) is 0 Å². The lowest BCUT2D eigenvalue weighted by Crippen LogP contribution is -2.57. The molecule has 0 aliphatic carbocycles. The van der Waals surface area contributed by atoms with Crippen LogP contribution in [0.5, 0.6) is 5.75 Å². The molecule has 1 saturated heterocycles. The Hall–Kier alpha value is -3.52. The van der Waals surface area contributed by atoms with Crippen molar-refractivity contribution in [3.8, 4) is 5.75 Å². The first-order chi connectivity index (χ1) is 19.7. The van der Waals surface area contributed by atoms with E-state index in [0.29, 0.717) is 19.8 Å². The highest BCUT2D eigenvalue weighted by Crippen LogP contribution is 2.36. The van der Waals surface area contributed by atoms with Gasteiger partial charge >= 0.3 is 0 Å². The molecule has 1 aliphatic heterocycles. The van der Waals surface area contributed by atoms with Crippen LogP contribution in [0.25, 0.3) is 0 Å². The molecular formula is C34H36O6. The van der Waals surface area contributed by atoms with Gasteiger partial charge in [0.2, 0.25) is 0 Å². The van der Waals surface area contributed by atoms with E-state index in [0.717, 1.165) is 28.0 Å². The lowest BCUT2D eigenvalue weighted by molar-refractivity contribution is -0.263. The molecule has 5 atom stereocenters. The zero-order valence-corrected chi connectivity index (χ0v) is 22.7. The minimum Gasteiger partial charge on any atom is -0.497 e. The van der Waals surface area contributed by atoms with Gasteiger partial charge in [-0.05, 0) is 34.4 Å². The predicted octanol–water partition coefficient (Wildman–Crippen LogP) is 5.88. The normalized spacial score (nSPS) is 22.6. The van der Waals surface area contributed by atoms with Crippen molar-refractivity contribution < 1.29 is 28.8 Å². The molecule has 6 heteroatoms. The van der Waals surface area contributed by atoms with Crippen molar-refractivity contribution in [2.45, 2.75) is 50.3 Å². The highest BCUT2D eigenvalue weighted by molar-refractivity contribution is 5.30. The van der Waals surface area contributed by atoms with Crippen LogP contribution in [0.3, 0.4) is 0 Å². The molecule has 40 heavy (non-hydrogen) atoms. The molecule has 0 radical (unpaired) electrons. The summed E-state index contributed by atoms with van der Waals surface area (Å²) in [7, 11) is 1.63. The van der Waals surface area contributed by atoms with Gasteiger partial charge in [-0.1, -0.05) is 103 Å². The van der Waals surface area contributed by atoms with E-state index in [1.165, 1.54) is 0 Å². The molecule has 0 aromatic heterocycles. The van der Waals surface area contributed by atoms with Crippen LogP contribution in [0.1, 0.15) is 28.4 Å². The molecule has 4 aromatic carbocycles. The zero-order chi connectivity index (χ0) is 27.6. The number of aliphatic hydroxyl groups excluding tert-OH is 1. The second kappa shape index (κ2) is 14.2. The summed E-state index contributed by atoms with van der Waals surface area (Å²) in [6.07, 6.45) is -3.31. The first-order valence-corrected chi connectivity index (χ1v) is 13.6. The van der Waals surface area contributed by atoms with Crippen molar-refractivity contribution in [1.82, 2.24) is 0 Å². The summed E-state index contributed by atoms with van der Waals surface area (Å²) in [6.45, 7) is 1.41. The molecule has 0 unspecified atom stereocenters. The molecule has 5 rings (SSSR count). The van der Waals surface area contributed by atoms with Crippen molar-refractivity contribution in [1.29, 1.82) is 0 Å². The van der Waals surface area contributed by atoms with Gasteiger partial charge in [0, 0.05) is 0 Å². The van der Waals surface area contributed by atoms with Crippen LogP contribution in [0.2, 0.25) is 0 Å². The molecule has 4 aromatic rings. The second-order valence-electron chi connectivity index (χ2n) is 9.88. The highest BCUT2D eigenvalue weighted by Gasteiger charge is 2.47. The van der Waals surface area contributed by atoms with Crippen molar-refractivity contribution >= 4 is 0 Å². The largest absolute Gasteiger partial charge is 0.497 e. The lowest BCUT2D eigenvalue weighted by atomic mass is 9.90. The van der Waals surface area contributed by atoms with Crippen molar-refractivity contribution in [3.63, 3.8) is 0 Å². The zero-order valence-electron chi connectivity index (χ0n) is 22.7. The fourth-order valence-corrected chi connectivity index (χ4v) is 4.92. The summed E-state index contributed by atoms with van der Waals surface area (Å²) in [4.78, 5) is 0. The molecule has 0 bridgehead atoms. The summed E-state index contributed by atoms with van der Waals surface area (Å²) >= 11 is 0. The van der Waals surface area contributed by atoms with Crippen LogP contribution >= 0.6 is 0 Å². The van der Waals surface area contributed by atoms with Crippen LogP contribution in [0.4, 0.5) is 0 Å². The number of methoxy groups -OCH3 is 1. The SMILES string of the molecule is COc1ccc([C@H]2O[C@H](COCc3ccccc3)[C@@H](OCc3ccccc3)[C@H](OCc3ccccc3)[C@H]2O)cc1. The maximum Gasteiger partial charge on any atom is 0.118 e. The predicted molar refractivity (Wildman–Crippen MR) is 153 cm³/mol. The smallest absolute Gasteiger partial charge is 0.118 e. The Morgan fingerprint density at radius 3 is 1.65 bits per heavy atom. The third-order valence-corrected chi connectivity index (χ3v) is 7.07. The summed E-state index contributed by atoms with van der Waals surface area (Å²) in [5.41, 5.74) is 3.95. The van der Waals surface area contributed by atoms with E-state index in [9.17, 15) is 5.11 Å². The van der Waals surface area contributed by atoms with Crippen LogP contribution in [0.15, 0.2) is 115 Å². The topological polar surface area (TPSA) is 66.4 Å².